The maximum absolute atomic E-state index is 5.11. The molecule has 0 spiro atoms. The third-order valence-electron chi connectivity index (χ3n) is 7.22. The van der Waals surface area contributed by atoms with Crippen molar-refractivity contribution in [2.75, 3.05) is 0 Å². The molecule has 3 nitrogen and oxygen atoms in total. The molecule has 0 N–H and O–H groups in total. The molecule has 1 aliphatic rings. The lowest BCUT2D eigenvalue weighted by Crippen LogP contribution is -2.45. The Balaban J connectivity index is 2.12. The quantitative estimate of drug-likeness (QED) is 0.309. The molecule has 0 bridgehead atoms. The van der Waals surface area contributed by atoms with Crippen LogP contribution in [0.1, 0.15) is 55.4 Å². The van der Waals surface area contributed by atoms with E-state index in [-0.39, 0.29) is 0 Å². The van der Waals surface area contributed by atoms with E-state index in [1.165, 1.54) is 21.7 Å². The zero-order valence-corrected chi connectivity index (χ0v) is 24.2. The van der Waals surface area contributed by atoms with Crippen LogP contribution in [0.15, 0.2) is 96.1 Å². The average molecular weight is 501 g/mol. The molecule has 2 aromatic carbocycles. The number of pyridine rings is 1. The molecule has 0 saturated heterocycles. The van der Waals surface area contributed by atoms with Crippen molar-refractivity contribution >= 4 is 23.3 Å². The van der Waals surface area contributed by atoms with E-state index >= 15 is 0 Å². The van der Waals surface area contributed by atoms with Gasteiger partial charge in [0.25, 0.3) is 0 Å². The Hall–Kier alpha value is -2.48. The summed E-state index contributed by atoms with van der Waals surface area (Å²) in [7, 11) is -2.21. The Morgan fingerprint density at radius 2 is 1.08 bits per heavy atom. The third-order valence-corrected chi connectivity index (χ3v) is 11.5. The van der Waals surface area contributed by atoms with Crippen molar-refractivity contribution in [1.82, 2.24) is 14.8 Å². The second-order valence-corrected chi connectivity index (χ2v) is 14.2. The van der Waals surface area contributed by atoms with E-state index in [9.17, 15) is 0 Å². The fourth-order valence-electron chi connectivity index (χ4n) is 6.12. The van der Waals surface area contributed by atoms with Crippen LogP contribution in [0, 0.1) is 0 Å². The van der Waals surface area contributed by atoms with Gasteiger partial charge in [0.15, 0.2) is 12.7 Å². The van der Waals surface area contributed by atoms with Crippen LogP contribution in [0.2, 0.25) is 0 Å². The predicted molar refractivity (Wildman–Crippen MR) is 158 cm³/mol. The molecule has 190 valence electrons. The standard InChI is InChI=1S/C32H43N3P/c1-23(2)34(24(3)4)30-31(35(25(5)6)26(7)8)32(30)36(27-17-11-9-12-18-27,28-19-13-10-14-20-28)29-21-15-16-22-33-29/h9-26,30H,1-8H3/q+1. The average Bonchev–Trinajstić information content (AvgIpc) is 3.54. The van der Waals surface area contributed by atoms with Crippen molar-refractivity contribution in [1.29, 1.82) is 0 Å². The lowest BCUT2D eigenvalue weighted by atomic mass is 10.2. The summed E-state index contributed by atoms with van der Waals surface area (Å²) in [5, 5.41) is 4.33. The van der Waals surface area contributed by atoms with Gasteiger partial charge >= 0.3 is 0 Å². The van der Waals surface area contributed by atoms with Gasteiger partial charge in [0.05, 0.1) is 5.70 Å². The molecule has 0 amide bonds. The SMILES string of the molecule is CC(C)N(C1=C([P+](c2ccccc2)(c2ccccc2)c2ccccn2)C1N(C(C)C)C(C)C)C(C)C. The summed E-state index contributed by atoms with van der Waals surface area (Å²) in [5.41, 5.74) is 2.70. The molecule has 0 radical (unpaired) electrons. The second-order valence-electron chi connectivity index (χ2n) is 10.9. The van der Waals surface area contributed by atoms with Crippen molar-refractivity contribution in [3.05, 3.63) is 96.1 Å². The van der Waals surface area contributed by atoms with E-state index in [1.807, 2.05) is 12.3 Å². The third kappa shape index (κ3) is 4.64. The summed E-state index contributed by atoms with van der Waals surface area (Å²) in [4.78, 5) is 10.5. The zero-order valence-electron chi connectivity index (χ0n) is 23.3. The summed E-state index contributed by atoms with van der Waals surface area (Å²) < 4.78 is 0. The Kier molecular flexibility index (Phi) is 8.03. The molecule has 1 heterocycles. The maximum Gasteiger partial charge on any atom is 0.197 e. The molecular formula is C32H43N3P+. The first-order valence-electron chi connectivity index (χ1n) is 13.4. The highest BCUT2D eigenvalue weighted by Gasteiger charge is 2.66. The highest BCUT2D eigenvalue weighted by Crippen LogP contribution is 2.72. The first kappa shape index (κ1) is 26.6. The van der Waals surface area contributed by atoms with Crippen LogP contribution in [0.25, 0.3) is 0 Å². The van der Waals surface area contributed by atoms with Gasteiger partial charge in [-0.1, -0.05) is 42.5 Å². The molecule has 1 aliphatic carbocycles. The van der Waals surface area contributed by atoms with Gasteiger partial charge in [-0.15, -0.1) is 0 Å². The van der Waals surface area contributed by atoms with Gasteiger partial charge in [-0.3, -0.25) is 4.90 Å². The maximum atomic E-state index is 5.11. The van der Waals surface area contributed by atoms with Gasteiger partial charge in [0.1, 0.15) is 22.0 Å². The molecule has 1 unspecified atom stereocenters. The summed E-state index contributed by atoms with van der Waals surface area (Å²) in [6.45, 7) is 18.7. The van der Waals surface area contributed by atoms with Crippen molar-refractivity contribution < 1.29 is 0 Å². The number of aromatic nitrogens is 1. The van der Waals surface area contributed by atoms with Crippen molar-refractivity contribution in [3.8, 4) is 0 Å². The second kappa shape index (κ2) is 10.9. The van der Waals surface area contributed by atoms with Crippen LogP contribution in [0.3, 0.4) is 0 Å². The summed E-state index contributed by atoms with van der Waals surface area (Å²) in [6.07, 6.45) is 1.97. The highest BCUT2D eigenvalue weighted by molar-refractivity contribution is 7.99. The van der Waals surface area contributed by atoms with E-state index in [1.54, 1.807) is 5.31 Å². The minimum Gasteiger partial charge on any atom is -0.365 e. The molecule has 0 saturated carbocycles. The number of hydrogen-bond acceptors (Lipinski definition) is 3. The van der Waals surface area contributed by atoms with E-state index in [0.717, 1.165) is 0 Å². The van der Waals surface area contributed by atoms with E-state index in [0.29, 0.717) is 30.2 Å². The number of rotatable bonds is 10. The molecule has 1 atom stereocenters. The summed E-state index contributed by atoms with van der Waals surface area (Å²) in [6, 6.07) is 30.8. The van der Waals surface area contributed by atoms with Crippen LogP contribution in [-0.4, -0.2) is 45.0 Å². The van der Waals surface area contributed by atoms with Crippen LogP contribution in [0.5, 0.6) is 0 Å². The molecule has 3 aromatic rings. The van der Waals surface area contributed by atoms with Crippen molar-refractivity contribution in [3.63, 3.8) is 0 Å². The molecule has 4 heteroatoms. The summed E-state index contributed by atoms with van der Waals surface area (Å²) in [5.74, 6) is 0. The molecule has 0 aliphatic heterocycles. The Labute approximate surface area is 219 Å². The highest BCUT2D eigenvalue weighted by atomic mass is 31.2. The van der Waals surface area contributed by atoms with Gasteiger partial charge in [0, 0.05) is 36.4 Å². The Morgan fingerprint density at radius 3 is 1.47 bits per heavy atom. The van der Waals surface area contributed by atoms with Gasteiger partial charge < -0.3 is 4.90 Å². The van der Waals surface area contributed by atoms with Crippen LogP contribution in [0.4, 0.5) is 0 Å². The minimum absolute atomic E-state index is 0.297. The molecule has 36 heavy (non-hydrogen) atoms. The normalized spacial score (nSPS) is 16.1. The smallest absolute Gasteiger partial charge is 0.197 e. The van der Waals surface area contributed by atoms with Crippen LogP contribution < -0.4 is 16.0 Å². The molecule has 1 aromatic heterocycles. The van der Waals surface area contributed by atoms with Crippen molar-refractivity contribution in [2.24, 2.45) is 0 Å². The van der Waals surface area contributed by atoms with Gasteiger partial charge in [-0.25, -0.2) is 4.98 Å². The molecule has 4 rings (SSSR count). The van der Waals surface area contributed by atoms with E-state index in [4.69, 9.17) is 4.98 Å². The lowest BCUT2D eigenvalue weighted by molar-refractivity contribution is 0.145. The first-order valence-corrected chi connectivity index (χ1v) is 15.2. The van der Waals surface area contributed by atoms with Gasteiger partial charge in [-0.05, 0) is 85.7 Å². The fourth-order valence-corrected chi connectivity index (χ4v) is 10.7. The topological polar surface area (TPSA) is 19.4 Å². The molecule has 0 fully saturated rings. The molecular weight excluding hydrogens is 457 g/mol. The number of benzene rings is 2. The lowest BCUT2D eigenvalue weighted by Gasteiger charge is -2.36. The van der Waals surface area contributed by atoms with Gasteiger partial charge in [0.2, 0.25) is 0 Å². The number of nitrogens with zero attached hydrogens (tertiary/aromatic N) is 3. The van der Waals surface area contributed by atoms with Crippen molar-refractivity contribution in [2.45, 2.75) is 85.6 Å². The fraction of sp³-hybridized carbons (Fsp3) is 0.406. The minimum atomic E-state index is -2.21. The van der Waals surface area contributed by atoms with Crippen LogP contribution >= 0.6 is 7.26 Å². The Morgan fingerprint density at radius 1 is 0.611 bits per heavy atom. The first-order chi connectivity index (χ1) is 17.2. The van der Waals surface area contributed by atoms with Gasteiger partial charge in [-0.2, -0.15) is 0 Å². The van der Waals surface area contributed by atoms with Crippen LogP contribution in [-0.2, 0) is 0 Å². The predicted octanol–water partition coefficient (Wildman–Crippen LogP) is 6.21. The zero-order chi connectivity index (χ0) is 26.0. The number of hydrogen-bond donors (Lipinski definition) is 0. The largest absolute Gasteiger partial charge is 0.365 e. The summed E-state index contributed by atoms with van der Waals surface area (Å²) >= 11 is 0. The van der Waals surface area contributed by atoms with E-state index < -0.39 is 7.26 Å². The monoisotopic (exact) mass is 500 g/mol. The Bertz CT molecular complexity index is 1040. The van der Waals surface area contributed by atoms with E-state index in [2.05, 4.69) is 138 Å².